The van der Waals surface area contributed by atoms with Crippen LogP contribution in [0.1, 0.15) is 0 Å². The number of hydrogen-bond donors (Lipinski definition) is 0. The zero-order chi connectivity index (χ0) is 0. The molecule has 0 N–H and O–H groups in total. The fourth-order valence-electron chi connectivity index (χ4n) is 0. The van der Waals surface area contributed by atoms with E-state index in [4.69, 9.17) is 0 Å². The van der Waals surface area contributed by atoms with Crippen LogP contribution in [-0.4, -0.2) is 0 Å². The van der Waals surface area contributed by atoms with Gasteiger partial charge in [0.15, 0.2) is 0 Å². The highest BCUT2D eigenvalue weighted by molar-refractivity contribution is 14.0. The summed E-state index contributed by atoms with van der Waals surface area (Å²) in [5, 5.41) is 0. The van der Waals surface area contributed by atoms with Crippen LogP contribution < -0.4 is 0 Å². The SMILES string of the molecule is I.I.I.I.P.P. The predicted molar refractivity (Wildman–Crippen MR) is 83.9 cm³/mol. The van der Waals surface area contributed by atoms with Crippen LogP contribution in [0.15, 0.2) is 0 Å². The average molecular weight is 580 g/mol. The highest BCUT2D eigenvalue weighted by Crippen LogP contribution is 0.889. The van der Waals surface area contributed by atoms with Gasteiger partial charge in [0.1, 0.15) is 0 Å². The first-order valence-corrected chi connectivity index (χ1v) is 0. The Morgan fingerprint density at radius 2 is 0.333 bits per heavy atom. The largest absolute Gasteiger partial charge is 0.153 e. The molecule has 0 radical (unpaired) electrons. The lowest BCUT2D eigenvalue weighted by molar-refractivity contribution is 6.92. The van der Waals surface area contributed by atoms with Crippen molar-refractivity contribution in [3.8, 4) is 0 Å². The summed E-state index contributed by atoms with van der Waals surface area (Å²) in [6.45, 7) is 0. The van der Waals surface area contributed by atoms with Crippen molar-refractivity contribution in [3.05, 3.63) is 0 Å². The van der Waals surface area contributed by atoms with Crippen molar-refractivity contribution >= 4 is 116 Å². The van der Waals surface area contributed by atoms with E-state index < -0.39 is 0 Å². The van der Waals surface area contributed by atoms with Gasteiger partial charge in [0, 0.05) is 0 Å². The van der Waals surface area contributed by atoms with Gasteiger partial charge < -0.3 is 0 Å². The normalized spacial score (nSPS) is 0. The van der Waals surface area contributed by atoms with Crippen LogP contribution in [0.25, 0.3) is 0 Å². The van der Waals surface area contributed by atoms with E-state index in [2.05, 4.69) is 0 Å². The van der Waals surface area contributed by atoms with E-state index >= 15 is 0 Å². The van der Waals surface area contributed by atoms with Crippen molar-refractivity contribution in [2.75, 3.05) is 0 Å². The smallest absolute Gasteiger partial charge is 0.107 e. The molecule has 48 valence electrons. The van der Waals surface area contributed by atoms with Gasteiger partial charge in [-0.3, -0.25) is 0 Å². The van der Waals surface area contributed by atoms with Crippen LogP contribution in [-0.2, 0) is 0 Å². The summed E-state index contributed by atoms with van der Waals surface area (Å²) in [6.07, 6.45) is 0. The van der Waals surface area contributed by atoms with Crippen LogP contribution in [0.5, 0.6) is 0 Å². The van der Waals surface area contributed by atoms with Gasteiger partial charge in [-0.25, -0.2) is 0 Å². The minimum absolute atomic E-state index is 0. The van der Waals surface area contributed by atoms with Gasteiger partial charge in [0.2, 0.25) is 0 Å². The minimum atomic E-state index is 0. The molecule has 0 nitrogen and oxygen atoms in total. The zero-order valence-corrected chi connectivity index (χ0v) is 15.2. The van der Waals surface area contributed by atoms with Crippen LogP contribution >= 0.6 is 116 Å². The Hall–Kier alpha value is 3.78. The molecule has 0 bridgehead atoms. The molecule has 0 aliphatic carbocycles. The highest BCUT2D eigenvalue weighted by Gasteiger charge is -0.104. The van der Waals surface area contributed by atoms with E-state index in [0.717, 1.165) is 0 Å². The monoisotopic (exact) mass is 580 g/mol. The maximum Gasteiger partial charge on any atom is -0.107 e. The molecule has 6 heavy (non-hydrogen) atoms. The second-order valence-electron chi connectivity index (χ2n) is 0. The molecular formula is H10I4P2. The van der Waals surface area contributed by atoms with Crippen molar-refractivity contribution in [3.63, 3.8) is 0 Å². The molecule has 0 saturated heterocycles. The Bertz CT molecular complexity index is 5.51. The van der Waals surface area contributed by atoms with E-state index in [0.29, 0.717) is 0 Å². The lowest BCUT2D eigenvalue weighted by Crippen LogP contribution is 0.860. The van der Waals surface area contributed by atoms with Crippen LogP contribution in [0, 0.1) is 0 Å². The van der Waals surface area contributed by atoms with E-state index in [1.165, 1.54) is 0 Å². The van der Waals surface area contributed by atoms with Crippen molar-refractivity contribution in [2.24, 2.45) is 0 Å². The van der Waals surface area contributed by atoms with E-state index in [-0.39, 0.29) is 116 Å². The summed E-state index contributed by atoms with van der Waals surface area (Å²) in [6, 6.07) is 0. The highest BCUT2D eigenvalue weighted by atomic mass is 127. The summed E-state index contributed by atoms with van der Waals surface area (Å²) in [4.78, 5) is 0. The third-order valence-electron chi connectivity index (χ3n) is 0. The Morgan fingerprint density at radius 1 is 0.333 bits per heavy atom. The summed E-state index contributed by atoms with van der Waals surface area (Å²) in [5.74, 6) is 0. The van der Waals surface area contributed by atoms with Gasteiger partial charge in [-0.2, -0.15) is 19.8 Å². The molecule has 2 unspecified atom stereocenters. The third-order valence-corrected chi connectivity index (χ3v) is 0. The molecule has 0 amide bonds. The molecule has 0 rings (SSSR count). The standard InChI is InChI=1S/4HI.2H3P/h4*1H;2*1H3. The Balaban J connectivity index is 0. The van der Waals surface area contributed by atoms with Gasteiger partial charge in [-0.05, 0) is 0 Å². The topological polar surface area (TPSA) is 0 Å². The van der Waals surface area contributed by atoms with Gasteiger partial charge in [0.05, 0.1) is 0 Å². The molecule has 0 saturated carbocycles. The zero-order valence-electron chi connectivity index (χ0n) is 3.05. The van der Waals surface area contributed by atoms with Crippen LogP contribution in [0.3, 0.4) is 0 Å². The fourth-order valence-corrected chi connectivity index (χ4v) is 0. The van der Waals surface area contributed by atoms with Crippen LogP contribution in [0.2, 0.25) is 0 Å². The Morgan fingerprint density at radius 3 is 0.333 bits per heavy atom. The lowest BCUT2D eigenvalue weighted by atomic mass is 31.0. The van der Waals surface area contributed by atoms with Gasteiger partial charge >= 0.3 is 0 Å². The number of hydrogen-bond acceptors (Lipinski definition) is 0. The van der Waals surface area contributed by atoms with Crippen molar-refractivity contribution in [1.29, 1.82) is 0 Å². The number of halogens is 4. The van der Waals surface area contributed by atoms with E-state index in [1.54, 1.807) is 0 Å². The molecular weight excluding hydrogens is 570 g/mol. The molecule has 0 heterocycles. The molecule has 0 fully saturated rings. The van der Waals surface area contributed by atoms with Gasteiger partial charge in [-0.1, -0.05) is 0 Å². The van der Waals surface area contributed by atoms with Crippen molar-refractivity contribution in [2.45, 2.75) is 0 Å². The Kier molecular flexibility index (Phi) is 327. The van der Waals surface area contributed by atoms with E-state index in [9.17, 15) is 0 Å². The third kappa shape index (κ3) is 25.0. The molecule has 0 spiro atoms. The Labute approximate surface area is 113 Å². The van der Waals surface area contributed by atoms with Gasteiger partial charge in [-0.15, -0.1) is 95.9 Å². The molecule has 0 aliphatic heterocycles. The van der Waals surface area contributed by atoms with Gasteiger partial charge in [0.25, 0.3) is 0 Å². The quantitative estimate of drug-likeness (QED) is 0.306. The molecule has 0 aromatic carbocycles. The maximum atomic E-state index is 0. The first-order valence-electron chi connectivity index (χ1n) is 0. The van der Waals surface area contributed by atoms with Crippen molar-refractivity contribution < 1.29 is 0 Å². The predicted octanol–water partition coefficient (Wildman–Crippen LogP) is 2.59. The number of rotatable bonds is 0. The van der Waals surface area contributed by atoms with Crippen molar-refractivity contribution in [1.82, 2.24) is 0 Å². The summed E-state index contributed by atoms with van der Waals surface area (Å²) in [5.41, 5.74) is 0. The summed E-state index contributed by atoms with van der Waals surface area (Å²) >= 11 is 0. The maximum absolute atomic E-state index is 0. The molecule has 0 aromatic rings. The van der Waals surface area contributed by atoms with Crippen LogP contribution in [0.4, 0.5) is 0 Å². The molecule has 0 aliphatic rings. The fraction of sp³-hybridized carbons (Fsp3) is 0. The summed E-state index contributed by atoms with van der Waals surface area (Å²) < 4.78 is 0. The molecule has 2 atom stereocenters. The van der Waals surface area contributed by atoms with E-state index in [1.807, 2.05) is 0 Å². The molecule has 0 aromatic heterocycles. The first-order chi connectivity index (χ1) is 0. The minimum Gasteiger partial charge on any atom is -0.153 e. The average Bonchev–Trinajstić information content (AvgIpc) is 0. The lowest BCUT2D eigenvalue weighted by Gasteiger charge is -0.154. The second kappa shape index (κ2) is 37.2. The second-order valence-corrected chi connectivity index (χ2v) is 0. The molecule has 6 heteroatoms. The summed E-state index contributed by atoms with van der Waals surface area (Å²) in [7, 11) is 0. The first kappa shape index (κ1) is 52.8.